The van der Waals surface area contributed by atoms with E-state index in [1.165, 1.54) is 25.7 Å². The number of likely N-dealkylation sites (tertiary alicyclic amines) is 2. The van der Waals surface area contributed by atoms with Crippen molar-refractivity contribution >= 4 is 11.8 Å². The molecule has 1 atom stereocenters. The van der Waals surface area contributed by atoms with Crippen molar-refractivity contribution < 1.29 is 9.59 Å². The molecule has 1 aromatic rings. The molecular weight excluding hydrogens is 316 g/mol. The number of carbonyl (C=O) groups excluding carboxylic acids is 2. The zero-order chi connectivity index (χ0) is 17.2. The molecule has 0 radical (unpaired) electrons. The third-order valence-corrected chi connectivity index (χ3v) is 6.02. The minimum Gasteiger partial charge on any atom is -0.341 e. The largest absolute Gasteiger partial charge is 0.341 e. The van der Waals surface area contributed by atoms with Crippen LogP contribution in [0.4, 0.5) is 0 Å². The van der Waals surface area contributed by atoms with Crippen molar-refractivity contribution in [2.24, 2.45) is 0 Å². The molecule has 6 heteroatoms. The zero-order valence-electron chi connectivity index (χ0n) is 14.9. The normalized spacial score (nSPS) is 25.1. The summed E-state index contributed by atoms with van der Waals surface area (Å²) in [5, 5.41) is 4.59. The molecule has 3 heterocycles. The summed E-state index contributed by atoms with van der Waals surface area (Å²) in [6, 6.07) is 2.47. The number of piperidine rings is 1. The summed E-state index contributed by atoms with van der Waals surface area (Å²) < 4.78 is 1.99. The van der Waals surface area contributed by atoms with Gasteiger partial charge in [0.25, 0.3) is 5.91 Å². The van der Waals surface area contributed by atoms with Gasteiger partial charge in [-0.3, -0.25) is 14.3 Å². The van der Waals surface area contributed by atoms with Crippen LogP contribution in [0.1, 0.15) is 74.3 Å². The van der Waals surface area contributed by atoms with E-state index in [2.05, 4.69) is 5.10 Å². The van der Waals surface area contributed by atoms with E-state index in [1.807, 2.05) is 26.7 Å². The minimum atomic E-state index is 0.0353. The van der Waals surface area contributed by atoms with Gasteiger partial charge in [-0.15, -0.1) is 0 Å². The summed E-state index contributed by atoms with van der Waals surface area (Å²) in [6.07, 6.45) is 11.6. The fourth-order valence-corrected chi connectivity index (χ4v) is 4.58. The van der Waals surface area contributed by atoms with Crippen molar-refractivity contribution in [3.05, 3.63) is 18.0 Å². The minimum absolute atomic E-state index is 0.0353. The van der Waals surface area contributed by atoms with Crippen molar-refractivity contribution in [3.8, 4) is 0 Å². The standard InChI is InChI=1S/C19H28N4O2/c24-18-9-5-11-21(18)14-16-8-3-4-12-22(16)19(25)17-10-13-23(20-17)15-6-1-2-7-15/h10,13,15-16H,1-9,11-12,14H2. The summed E-state index contributed by atoms with van der Waals surface area (Å²) >= 11 is 0. The molecule has 25 heavy (non-hydrogen) atoms. The highest BCUT2D eigenvalue weighted by molar-refractivity contribution is 5.92. The second-order valence-electron chi connectivity index (χ2n) is 7.71. The molecule has 3 aliphatic rings. The second-order valence-corrected chi connectivity index (χ2v) is 7.71. The maximum atomic E-state index is 13.0. The van der Waals surface area contributed by atoms with Crippen LogP contribution in [-0.2, 0) is 4.79 Å². The second kappa shape index (κ2) is 7.18. The molecule has 0 aromatic carbocycles. The first-order valence-electron chi connectivity index (χ1n) is 9.86. The Hall–Kier alpha value is -1.85. The molecule has 4 rings (SSSR count). The first-order valence-corrected chi connectivity index (χ1v) is 9.86. The Balaban J connectivity index is 1.45. The van der Waals surface area contributed by atoms with Crippen LogP contribution in [0.5, 0.6) is 0 Å². The molecule has 2 saturated heterocycles. The first-order chi connectivity index (χ1) is 12.2. The highest BCUT2D eigenvalue weighted by Gasteiger charge is 2.32. The van der Waals surface area contributed by atoms with Crippen molar-refractivity contribution in [2.45, 2.75) is 69.9 Å². The summed E-state index contributed by atoms with van der Waals surface area (Å²) in [5.74, 6) is 0.275. The fourth-order valence-electron chi connectivity index (χ4n) is 4.58. The highest BCUT2D eigenvalue weighted by Crippen LogP contribution is 2.29. The van der Waals surface area contributed by atoms with E-state index in [-0.39, 0.29) is 17.9 Å². The molecule has 136 valence electrons. The van der Waals surface area contributed by atoms with Gasteiger partial charge in [0.05, 0.1) is 6.04 Å². The van der Waals surface area contributed by atoms with Gasteiger partial charge in [0.15, 0.2) is 0 Å². The monoisotopic (exact) mass is 344 g/mol. The average molecular weight is 344 g/mol. The molecular formula is C19H28N4O2. The zero-order valence-corrected chi connectivity index (χ0v) is 14.9. The Kier molecular flexibility index (Phi) is 4.77. The Morgan fingerprint density at radius 1 is 1.08 bits per heavy atom. The van der Waals surface area contributed by atoms with Crippen LogP contribution in [-0.4, -0.2) is 57.1 Å². The Bertz CT molecular complexity index is 635. The van der Waals surface area contributed by atoms with Crippen LogP contribution >= 0.6 is 0 Å². The van der Waals surface area contributed by atoms with Gasteiger partial charge in [-0.2, -0.15) is 5.10 Å². The van der Waals surface area contributed by atoms with E-state index in [0.29, 0.717) is 24.7 Å². The van der Waals surface area contributed by atoms with Crippen molar-refractivity contribution in [3.63, 3.8) is 0 Å². The lowest BCUT2D eigenvalue weighted by Crippen LogP contribution is -2.49. The van der Waals surface area contributed by atoms with Crippen LogP contribution in [0.15, 0.2) is 12.3 Å². The first kappa shape index (κ1) is 16.6. The molecule has 0 bridgehead atoms. The van der Waals surface area contributed by atoms with Gasteiger partial charge >= 0.3 is 0 Å². The quantitative estimate of drug-likeness (QED) is 0.844. The molecule has 1 saturated carbocycles. The van der Waals surface area contributed by atoms with Crippen LogP contribution in [0.25, 0.3) is 0 Å². The van der Waals surface area contributed by atoms with Gasteiger partial charge in [0, 0.05) is 38.3 Å². The number of nitrogens with zero attached hydrogens (tertiary/aromatic N) is 4. The lowest BCUT2D eigenvalue weighted by Gasteiger charge is -2.37. The van der Waals surface area contributed by atoms with Crippen LogP contribution in [0, 0.1) is 0 Å². The van der Waals surface area contributed by atoms with Gasteiger partial charge < -0.3 is 9.80 Å². The van der Waals surface area contributed by atoms with Crippen molar-refractivity contribution in [1.29, 1.82) is 0 Å². The van der Waals surface area contributed by atoms with E-state index in [9.17, 15) is 9.59 Å². The number of hydrogen-bond donors (Lipinski definition) is 0. The van der Waals surface area contributed by atoms with Gasteiger partial charge in [0.1, 0.15) is 5.69 Å². The lowest BCUT2D eigenvalue weighted by atomic mass is 10.0. The average Bonchev–Trinajstić information content (AvgIpc) is 3.37. The number of rotatable bonds is 4. The van der Waals surface area contributed by atoms with E-state index >= 15 is 0 Å². The number of amides is 2. The molecule has 3 fully saturated rings. The Morgan fingerprint density at radius 2 is 1.88 bits per heavy atom. The molecule has 2 aliphatic heterocycles. The number of carbonyl (C=O) groups is 2. The van der Waals surface area contributed by atoms with Gasteiger partial charge in [-0.05, 0) is 44.6 Å². The molecule has 1 unspecified atom stereocenters. The van der Waals surface area contributed by atoms with Crippen LogP contribution in [0.2, 0.25) is 0 Å². The van der Waals surface area contributed by atoms with Gasteiger partial charge in [-0.1, -0.05) is 12.8 Å². The molecule has 1 aromatic heterocycles. The van der Waals surface area contributed by atoms with Crippen LogP contribution < -0.4 is 0 Å². The number of aromatic nitrogens is 2. The van der Waals surface area contributed by atoms with Gasteiger partial charge in [-0.25, -0.2) is 0 Å². The fraction of sp³-hybridized carbons (Fsp3) is 0.737. The van der Waals surface area contributed by atoms with E-state index in [0.717, 1.165) is 38.8 Å². The summed E-state index contributed by atoms with van der Waals surface area (Å²) in [4.78, 5) is 28.9. The van der Waals surface area contributed by atoms with E-state index in [4.69, 9.17) is 0 Å². The van der Waals surface area contributed by atoms with E-state index < -0.39 is 0 Å². The third-order valence-electron chi connectivity index (χ3n) is 6.02. The summed E-state index contributed by atoms with van der Waals surface area (Å²) in [7, 11) is 0. The topological polar surface area (TPSA) is 58.4 Å². The number of hydrogen-bond acceptors (Lipinski definition) is 3. The van der Waals surface area contributed by atoms with Crippen molar-refractivity contribution in [1.82, 2.24) is 19.6 Å². The lowest BCUT2D eigenvalue weighted by molar-refractivity contribution is -0.128. The molecule has 0 N–H and O–H groups in total. The maximum absolute atomic E-state index is 13.0. The predicted molar refractivity (Wildman–Crippen MR) is 94.2 cm³/mol. The smallest absolute Gasteiger partial charge is 0.274 e. The Labute approximate surface area is 149 Å². The molecule has 2 amide bonds. The predicted octanol–water partition coefficient (Wildman–Crippen LogP) is 2.62. The molecule has 0 spiro atoms. The van der Waals surface area contributed by atoms with Gasteiger partial charge in [0.2, 0.25) is 5.91 Å². The maximum Gasteiger partial charge on any atom is 0.274 e. The van der Waals surface area contributed by atoms with Crippen LogP contribution in [0.3, 0.4) is 0 Å². The third kappa shape index (κ3) is 3.44. The van der Waals surface area contributed by atoms with E-state index in [1.54, 1.807) is 0 Å². The summed E-state index contributed by atoms with van der Waals surface area (Å²) in [5.41, 5.74) is 0.562. The SMILES string of the molecule is O=C1CCCN1CC1CCCCN1C(=O)c1ccn(C2CCCC2)n1. The molecule has 1 aliphatic carbocycles. The summed E-state index contributed by atoms with van der Waals surface area (Å²) in [6.45, 7) is 2.31. The van der Waals surface area contributed by atoms with Crippen molar-refractivity contribution in [2.75, 3.05) is 19.6 Å². The molecule has 6 nitrogen and oxygen atoms in total. The highest BCUT2D eigenvalue weighted by atomic mass is 16.2. The Morgan fingerprint density at radius 3 is 2.64 bits per heavy atom.